The number of hydrogen-bond acceptors (Lipinski definition) is 6. The molecule has 0 aliphatic heterocycles. The molecule has 124 valence electrons. The maximum Gasteiger partial charge on any atom is 0.123 e. The Morgan fingerprint density at radius 3 is 2.36 bits per heavy atom. The number of rotatable bonds is 8. The van der Waals surface area contributed by atoms with Gasteiger partial charge in [0.1, 0.15) is 6.10 Å². The minimum Gasteiger partial charge on any atom is -0.396 e. The summed E-state index contributed by atoms with van der Waals surface area (Å²) in [6, 6.07) is 1.92. The predicted molar refractivity (Wildman–Crippen MR) is 83.8 cm³/mol. The Morgan fingerprint density at radius 1 is 1.18 bits per heavy atom. The topological polar surface area (TPSA) is 110 Å². The van der Waals surface area contributed by atoms with E-state index in [9.17, 15) is 10.2 Å². The Kier molecular flexibility index (Phi) is 11.2. The summed E-state index contributed by atoms with van der Waals surface area (Å²) in [6.07, 6.45) is 2.68. The van der Waals surface area contributed by atoms with Crippen LogP contribution in [0.1, 0.15) is 57.5 Å². The minimum absolute atomic E-state index is 0.149. The van der Waals surface area contributed by atoms with Crippen LogP contribution in [0.15, 0.2) is 12.4 Å². The van der Waals surface area contributed by atoms with Crippen LogP contribution >= 0.6 is 0 Å². The third-order valence-electron chi connectivity index (χ3n) is 3.12. The molecule has 3 unspecified atom stereocenters. The van der Waals surface area contributed by atoms with Gasteiger partial charge in [-0.2, -0.15) is 5.26 Å². The van der Waals surface area contributed by atoms with Crippen LogP contribution in [0, 0.1) is 17.2 Å². The average Bonchev–Trinajstić information content (AvgIpc) is 2.54. The van der Waals surface area contributed by atoms with Gasteiger partial charge in [-0.1, -0.05) is 20.8 Å². The second kappa shape index (κ2) is 12.0. The Balaban J connectivity index is 0.00000211. The average molecular weight is 309 g/mol. The van der Waals surface area contributed by atoms with Crippen molar-refractivity contribution in [2.45, 2.75) is 58.7 Å². The molecule has 0 radical (unpaired) electrons. The highest BCUT2D eigenvalue weighted by Crippen LogP contribution is 2.18. The molecule has 6 nitrogen and oxygen atoms in total. The summed E-state index contributed by atoms with van der Waals surface area (Å²) in [6.45, 7) is 6.17. The summed E-state index contributed by atoms with van der Waals surface area (Å²) in [5, 5.41) is 36.9. The van der Waals surface area contributed by atoms with Crippen LogP contribution in [0.25, 0.3) is 0 Å². The number of hydrogen-bond donors (Lipinski definition) is 3. The predicted octanol–water partition coefficient (Wildman–Crippen LogP) is 1.76. The Hall–Kier alpha value is -1.55. The molecule has 0 saturated carbocycles. The fourth-order valence-electron chi connectivity index (χ4n) is 1.87. The van der Waals surface area contributed by atoms with Crippen molar-refractivity contribution in [2.24, 2.45) is 5.92 Å². The van der Waals surface area contributed by atoms with Crippen molar-refractivity contribution in [2.75, 3.05) is 6.61 Å². The van der Waals surface area contributed by atoms with Crippen LogP contribution in [0.5, 0.6) is 0 Å². The van der Waals surface area contributed by atoms with Crippen LogP contribution in [-0.4, -0.2) is 38.0 Å². The zero-order valence-electron chi connectivity index (χ0n) is 13.6. The minimum atomic E-state index is -1.13. The van der Waals surface area contributed by atoms with Crippen molar-refractivity contribution >= 4 is 0 Å². The molecular formula is C16H27N3O3. The van der Waals surface area contributed by atoms with E-state index in [0.717, 1.165) is 5.69 Å². The lowest BCUT2D eigenvalue weighted by atomic mass is 10.0. The number of aromatic nitrogens is 2. The maximum atomic E-state index is 9.88. The first-order valence-electron chi connectivity index (χ1n) is 7.73. The van der Waals surface area contributed by atoms with E-state index in [4.69, 9.17) is 10.4 Å². The molecule has 0 bridgehead atoms. The quantitative estimate of drug-likeness (QED) is 0.675. The van der Waals surface area contributed by atoms with Crippen molar-refractivity contribution in [1.29, 1.82) is 5.26 Å². The summed E-state index contributed by atoms with van der Waals surface area (Å²) < 4.78 is 0. The zero-order valence-corrected chi connectivity index (χ0v) is 13.6. The van der Waals surface area contributed by atoms with E-state index in [1.807, 2.05) is 26.8 Å². The van der Waals surface area contributed by atoms with Gasteiger partial charge in [-0.15, -0.1) is 0 Å². The molecule has 0 amide bonds. The first-order valence-corrected chi connectivity index (χ1v) is 7.73. The van der Waals surface area contributed by atoms with E-state index in [2.05, 4.69) is 9.97 Å². The first kappa shape index (κ1) is 20.5. The standard InChI is InChI=1S/C14H21N3O3.C2H6/c1-10(4-6-18)7-11-8-17-12(9-16-11)14(20)13(19)3-2-5-15;1-2/h8-10,13-14,18-20H,2-4,6-7H2,1H3;1-2H3. The molecule has 1 rings (SSSR count). The van der Waals surface area contributed by atoms with E-state index in [0.29, 0.717) is 24.5 Å². The fraction of sp³-hybridized carbons (Fsp3) is 0.688. The molecule has 0 aliphatic rings. The zero-order chi connectivity index (χ0) is 17.0. The summed E-state index contributed by atoms with van der Waals surface area (Å²) in [5.74, 6) is 0.311. The smallest absolute Gasteiger partial charge is 0.123 e. The lowest BCUT2D eigenvalue weighted by Crippen LogP contribution is -2.19. The molecular weight excluding hydrogens is 282 g/mol. The summed E-state index contributed by atoms with van der Waals surface area (Å²) >= 11 is 0. The van der Waals surface area contributed by atoms with Gasteiger partial charge in [0.05, 0.1) is 29.8 Å². The van der Waals surface area contributed by atoms with Gasteiger partial charge in [0.25, 0.3) is 0 Å². The Morgan fingerprint density at radius 2 is 1.86 bits per heavy atom. The molecule has 3 atom stereocenters. The van der Waals surface area contributed by atoms with Crippen molar-refractivity contribution in [3.05, 3.63) is 23.8 Å². The van der Waals surface area contributed by atoms with Gasteiger partial charge in [-0.05, 0) is 25.2 Å². The second-order valence-corrected chi connectivity index (χ2v) is 4.96. The van der Waals surface area contributed by atoms with Crippen LogP contribution in [-0.2, 0) is 6.42 Å². The summed E-state index contributed by atoms with van der Waals surface area (Å²) in [5.41, 5.74) is 1.09. The molecule has 3 N–H and O–H groups in total. The third-order valence-corrected chi connectivity index (χ3v) is 3.12. The van der Waals surface area contributed by atoms with Crippen molar-refractivity contribution in [1.82, 2.24) is 9.97 Å². The summed E-state index contributed by atoms with van der Waals surface area (Å²) in [7, 11) is 0. The van der Waals surface area contributed by atoms with E-state index >= 15 is 0 Å². The number of nitrogens with zero attached hydrogens (tertiary/aromatic N) is 3. The third kappa shape index (κ3) is 7.46. The number of nitriles is 1. The highest BCUT2D eigenvalue weighted by atomic mass is 16.3. The highest BCUT2D eigenvalue weighted by molar-refractivity contribution is 5.07. The Bertz CT molecular complexity index is 431. The van der Waals surface area contributed by atoms with Crippen molar-refractivity contribution in [3.63, 3.8) is 0 Å². The van der Waals surface area contributed by atoms with Crippen LogP contribution in [0.4, 0.5) is 0 Å². The lowest BCUT2D eigenvalue weighted by molar-refractivity contribution is 0.0116. The normalized spacial score (nSPS) is 14.2. The van der Waals surface area contributed by atoms with Gasteiger partial charge >= 0.3 is 0 Å². The highest BCUT2D eigenvalue weighted by Gasteiger charge is 2.19. The van der Waals surface area contributed by atoms with E-state index in [1.54, 1.807) is 6.20 Å². The first-order chi connectivity index (χ1) is 10.6. The molecule has 22 heavy (non-hydrogen) atoms. The van der Waals surface area contributed by atoms with Gasteiger partial charge < -0.3 is 15.3 Å². The SMILES string of the molecule is CC.CC(CCO)Cc1cnc(C(O)C(O)CCC#N)cn1. The van der Waals surface area contributed by atoms with E-state index in [-0.39, 0.29) is 19.4 Å². The fourth-order valence-corrected chi connectivity index (χ4v) is 1.87. The van der Waals surface area contributed by atoms with Crippen LogP contribution < -0.4 is 0 Å². The Labute approximate surface area is 132 Å². The lowest BCUT2D eigenvalue weighted by Gasteiger charge is -2.16. The molecule has 6 heteroatoms. The molecule has 0 aromatic carbocycles. The monoisotopic (exact) mass is 309 g/mol. The van der Waals surface area contributed by atoms with Crippen LogP contribution in [0.3, 0.4) is 0 Å². The molecule has 1 heterocycles. The number of aliphatic hydroxyl groups excluding tert-OH is 3. The molecule has 0 aliphatic carbocycles. The van der Waals surface area contributed by atoms with Gasteiger partial charge in [-0.3, -0.25) is 9.97 Å². The van der Waals surface area contributed by atoms with Gasteiger partial charge in [-0.25, -0.2) is 0 Å². The summed E-state index contributed by atoms with van der Waals surface area (Å²) in [4.78, 5) is 8.31. The molecule has 0 spiro atoms. The molecule has 1 aromatic rings. The molecule has 1 aromatic heterocycles. The number of aliphatic hydroxyl groups is 3. The van der Waals surface area contributed by atoms with Gasteiger partial charge in [0.15, 0.2) is 0 Å². The van der Waals surface area contributed by atoms with Gasteiger partial charge in [0.2, 0.25) is 0 Å². The largest absolute Gasteiger partial charge is 0.396 e. The van der Waals surface area contributed by atoms with Gasteiger partial charge in [0, 0.05) is 19.2 Å². The van der Waals surface area contributed by atoms with Crippen molar-refractivity contribution in [3.8, 4) is 6.07 Å². The molecule has 0 saturated heterocycles. The molecule has 0 fully saturated rings. The maximum absolute atomic E-state index is 9.88. The second-order valence-electron chi connectivity index (χ2n) is 4.96. The van der Waals surface area contributed by atoms with E-state index in [1.165, 1.54) is 6.20 Å². The van der Waals surface area contributed by atoms with Crippen LogP contribution in [0.2, 0.25) is 0 Å². The van der Waals surface area contributed by atoms with E-state index < -0.39 is 12.2 Å². The van der Waals surface area contributed by atoms with Crippen molar-refractivity contribution < 1.29 is 15.3 Å².